The van der Waals surface area contributed by atoms with Crippen molar-refractivity contribution in [2.24, 2.45) is 0 Å². The minimum Gasteiger partial charge on any atom is -0.397 e. The van der Waals surface area contributed by atoms with Crippen molar-refractivity contribution in [3.63, 3.8) is 0 Å². The van der Waals surface area contributed by atoms with Gasteiger partial charge in [-0.2, -0.15) is 0 Å². The van der Waals surface area contributed by atoms with Crippen LogP contribution < -0.4 is 11.1 Å². The van der Waals surface area contributed by atoms with E-state index in [0.29, 0.717) is 16.8 Å². The second-order valence-corrected chi connectivity index (χ2v) is 7.16. The largest absolute Gasteiger partial charge is 0.397 e. The predicted octanol–water partition coefficient (Wildman–Crippen LogP) is 4.15. The lowest BCUT2D eigenvalue weighted by Gasteiger charge is -2.07. The van der Waals surface area contributed by atoms with E-state index in [1.54, 1.807) is 7.11 Å². The highest BCUT2D eigenvalue weighted by atomic mass is 35.5. The number of pyridine rings is 1. The summed E-state index contributed by atoms with van der Waals surface area (Å²) in [5.74, 6) is -0.515. The van der Waals surface area contributed by atoms with E-state index in [0.717, 1.165) is 22.6 Å². The van der Waals surface area contributed by atoms with Crippen LogP contribution in [0.15, 0.2) is 24.3 Å². The van der Waals surface area contributed by atoms with Crippen LogP contribution >= 0.6 is 22.9 Å². The number of non-ortho nitro benzene ring substituents is 1. The molecule has 0 saturated heterocycles. The first-order valence-electron chi connectivity index (χ1n) is 7.74. The van der Waals surface area contributed by atoms with Crippen LogP contribution in [0.4, 0.5) is 17.1 Å². The fourth-order valence-corrected chi connectivity index (χ4v) is 3.92. The number of nitrogens with one attached hydrogen (secondary N) is 1. The Kier molecular flexibility index (Phi) is 5.26. The summed E-state index contributed by atoms with van der Waals surface area (Å²) in [6.07, 6.45) is 0. The van der Waals surface area contributed by atoms with E-state index in [1.807, 2.05) is 13.0 Å². The van der Waals surface area contributed by atoms with Crippen LogP contribution in [0.25, 0.3) is 10.2 Å². The summed E-state index contributed by atoms with van der Waals surface area (Å²) in [6, 6.07) is 5.66. The lowest BCUT2D eigenvalue weighted by Crippen LogP contribution is -2.12. The van der Waals surface area contributed by atoms with E-state index in [-0.39, 0.29) is 27.0 Å². The first-order valence-corrected chi connectivity index (χ1v) is 8.94. The van der Waals surface area contributed by atoms with Crippen molar-refractivity contribution in [2.75, 3.05) is 18.2 Å². The highest BCUT2D eigenvalue weighted by molar-refractivity contribution is 7.21. The number of hydrogen-bond acceptors (Lipinski definition) is 7. The summed E-state index contributed by atoms with van der Waals surface area (Å²) in [4.78, 5) is 28.4. The number of thiophene rings is 1. The van der Waals surface area contributed by atoms with Crippen LogP contribution in [0.5, 0.6) is 0 Å². The van der Waals surface area contributed by atoms with Crippen molar-refractivity contribution in [3.8, 4) is 0 Å². The van der Waals surface area contributed by atoms with Gasteiger partial charge in [0.1, 0.15) is 9.71 Å². The van der Waals surface area contributed by atoms with Gasteiger partial charge in [-0.05, 0) is 24.6 Å². The van der Waals surface area contributed by atoms with E-state index in [2.05, 4.69) is 10.3 Å². The number of aromatic nitrogens is 1. The number of nitrogen functional groups attached to an aromatic ring is 1. The molecule has 3 rings (SSSR count). The number of benzene rings is 1. The number of halogens is 1. The van der Waals surface area contributed by atoms with Gasteiger partial charge in [0.2, 0.25) is 0 Å². The van der Waals surface area contributed by atoms with Crippen molar-refractivity contribution in [1.29, 1.82) is 0 Å². The standard InChI is InChI=1S/C17H15ClN4O4S/c1-8-5-9(7-26-2)13-14(19)15(27-17(13)20-8)16(23)21-12-6-10(22(24)25)3-4-11(12)18/h3-6H,7,19H2,1-2H3,(H,21,23). The molecule has 3 aromatic rings. The fourth-order valence-electron chi connectivity index (χ4n) is 2.68. The van der Waals surface area contributed by atoms with E-state index in [1.165, 1.54) is 18.2 Å². The first kappa shape index (κ1) is 19.0. The third-order valence-electron chi connectivity index (χ3n) is 3.82. The molecule has 0 saturated carbocycles. The van der Waals surface area contributed by atoms with Gasteiger partial charge in [-0.25, -0.2) is 4.98 Å². The Hall–Kier alpha value is -2.75. The number of hydrogen-bond donors (Lipinski definition) is 2. The molecule has 0 radical (unpaired) electrons. The van der Waals surface area contributed by atoms with Gasteiger partial charge in [-0.3, -0.25) is 14.9 Å². The van der Waals surface area contributed by atoms with E-state index < -0.39 is 10.8 Å². The number of nitrogens with zero attached hydrogens (tertiary/aromatic N) is 2. The maximum atomic E-state index is 12.7. The minimum atomic E-state index is -0.566. The Morgan fingerprint density at radius 1 is 1.44 bits per heavy atom. The predicted molar refractivity (Wildman–Crippen MR) is 106 cm³/mol. The monoisotopic (exact) mass is 406 g/mol. The number of nitro groups is 1. The normalized spacial score (nSPS) is 10.9. The van der Waals surface area contributed by atoms with Crippen LogP contribution in [-0.4, -0.2) is 22.9 Å². The van der Waals surface area contributed by atoms with E-state index in [9.17, 15) is 14.9 Å². The SMILES string of the molecule is COCc1cc(C)nc2sc(C(=O)Nc3cc([N+](=O)[O-])ccc3Cl)c(N)c12. The van der Waals surface area contributed by atoms with Crippen molar-refractivity contribution in [1.82, 2.24) is 4.98 Å². The number of amides is 1. The number of fused-ring (bicyclic) bond motifs is 1. The Morgan fingerprint density at radius 3 is 2.85 bits per heavy atom. The number of ether oxygens (including phenoxy) is 1. The first-order chi connectivity index (χ1) is 12.8. The summed E-state index contributed by atoms with van der Waals surface area (Å²) >= 11 is 7.19. The van der Waals surface area contributed by atoms with Crippen molar-refractivity contribution in [2.45, 2.75) is 13.5 Å². The molecule has 0 aliphatic carbocycles. The van der Waals surface area contributed by atoms with Gasteiger partial charge in [-0.15, -0.1) is 11.3 Å². The topological polar surface area (TPSA) is 120 Å². The molecule has 2 heterocycles. The zero-order valence-electron chi connectivity index (χ0n) is 14.4. The smallest absolute Gasteiger partial charge is 0.271 e. The highest BCUT2D eigenvalue weighted by Gasteiger charge is 2.21. The number of methoxy groups -OCH3 is 1. The molecule has 8 nitrogen and oxygen atoms in total. The molecule has 27 heavy (non-hydrogen) atoms. The number of rotatable bonds is 5. The number of nitro benzene ring substituents is 1. The number of anilines is 2. The summed E-state index contributed by atoms with van der Waals surface area (Å²) in [5, 5.41) is 14.4. The maximum Gasteiger partial charge on any atom is 0.271 e. The average Bonchev–Trinajstić information content (AvgIpc) is 2.93. The van der Waals surface area contributed by atoms with E-state index >= 15 is 0 Å². The van der Waals surface area contributed by atoms with Gasteiger partial charge in [0.15, 0.2) is 0 Å². The summed E-state index contributed by atoms with van der Waals surface area (Å²) in [6.45, 7) is 2.18. The Bertz CT molecular complexity index is 1070. The third-order valence-corrected chi connectivity index (χ3v) is 5.25. The van der Waals surface area contributed by atoms with Gasteiger partial charge >= 0.3 is 0 Å². The van der Waals surface area contributed by atoms with Gasteiger partial charge < -0.3 is 15.8 Å². The minimum absolute atomic E-state index is 0.133. The molecule has 0 atom stereocenters. The number of aryl methyl sites for hydroxylation is 1. The molecule has 140 valence electrons. The summed E-state index contributed by atoms with van der Waals surface area (Å²) in [5.41, 5.74) is 8.06. The Morgan fingerprint density at radius 2 is 2.19 bits per heavy atom. The second-order valence-electron chi connectivity index (χ2n) is 5.76. The fraction of sp³-hybridized carbons (Fsp3) is 0.176. The highest BCUT2D eigenvalue weighted by Crippen LogP contribution is 2.36. The summed E-state index contributed by atoms with van der Waals surface area (Å²) < 4.78 is 5.20. The van der Waals surface area contributed by atoms with Crippen molar-refractivity contribution in [3.05, 3.63) is 55.5 Å². The van der Waals surface area contributed by atoms with Crippen LogP contribution in [0, 0.1) is 17.0 Å². The number of carbonyl (C=O) groups is 1. The van der Waals surface area contributed by atoms with Crippen molar-refractivity contribution < 1.29 is 14.5 Å². The molecule has 0 spiro atoms. The molecular weight excluding hydrogens is 392 g/mol. The number of nitrogens with two attached hydrogens (primary N) is 1. The molecule has 0 unspecified atom stereocenters. The molecule has 0 bridgehead atoms. The molecule has 1 aromatic carbocycles. The Balaban J connectivity index is 2.02. The summed E-state index contributed by atoms with van der Waals surface area (Å²) in [7, 11) is 1.57. The van der Waals surface area contributed by atoms with Crippen LogP contribution in [0.1, 0.15) is 20.9 Å². The Labute approximate surface area is 163 Å². The lowest BCUT2D eigenvalue weighted by molar-refractivity contribution is -0.384. The van der Waals surface area contributed by atoms with Crippen LogP contribution in [0.3, 0.4) is 0 Å². The molecule has 10 heteroatoms. The molecule has 0 aliphatic heterocycles. The molecule has 0 aliphatic rings. The quantitative estimate of drug-likeness (QED) is 0.485. The van der Waals surface area contributed by atoms with Crippen LogP contribution in [0.2, 0.25) is 5.02 Å². The van der Waals surface area contributed by atoms with Gasteiger partial charge in [0, 0.05) is 30.3 Å². The van der Waals surface area contributed by atoms with Gasteiger partial charge in [0.05, 0.1) is 27.9 Å². The lowest BCUT2D eigenvalue weighted by atomic mass is 10.1. The van der Waals surface area contributed by atoms with Gasteiger partial charge in [-0.1, -0.05) is 11.6 Å². The zero-order valence-corrected chi connectivity index (χ0v) is 16.0. The van der Waals surface area contributed by atoms with E-state index in [4.69, 9.17) is 22.1 Å². The molecular formula is C17H15ClN4O4S. The third kappa shape index (κ3) is 3.70. The zero-order chi connectivity index (χ0) is 19.7. The maximum absolute atomic E-state index is 12.7. The molecule has 0 fully saturated rings. The molecule has 1 amide bonds. The molecule has 3 N–H and O–H groups in total. The van der Waals surface area contributed by atoms with Crippen molar-refractivity contribution >= 4 is 56.1 Å². The average molecular weight is 407 g/mol. The van der Waals surface area contributed by atoms with Gasteiger partial charge in [0.25, 0.3) is 11.6 Å². The second kappa shape index (κ2) is 7.47. The number of carbonyl (C=O) groups excluding carboxylic acids is 1. The molecule has 2 aromatic heterocycles. The van der Waals surface area contributed by atoms with Crippen LogP contribution in [-0.2, 0) is 11.3 Å².